The number of rotatable bonds is 2. The molecule has 1 N–H and O–H groups in total. The molecule has 0 atom stereocenters. The largest absolute Gasteiger partial charge is 0.416 e. The van der Waals surface area contributed by atoms with Gasteiger partial charge in [-0.15, -0.1) is 11.3 Å². The lowest BCUT2D eigenvalue weighted by Gasteiger charge is -2.07. The molecule has 7 heteroatoms. The van der Waals surface area contributed by atoms with Crippen LogP contribution in [0.1, 0.15) is 15.9 Å². The first-order valence-corrected chi connectivity index (χ1v) is 5.73. The van der Waals surface area contributed by atoms with Gasteiger partial charge >= 0.3 is 6.18 Å². The number of benzene rings is 1. The van der Waals surface area contributed by atoms with Crippen LogP contribution in [0, 0.1) is 0 Å². The lowest BCUT2D eigenvalue weighted by molar-refractivity contribution is -0.137. The highest BCUT2D eigenvalue weighted by atomic mass is 32.1. The van der Waals surface area contributed by atoms with E-state index in [4.69, 9.17) is 0 Å². The Morgan fingerprint density at radius 3 is 2.39 bits per heavy atom. The van der Waals surface area contributed by atoms with Crippen LogP contribution in [0.3, 0.4) is 0 Å². The van der Waals surface area contributed by atoms with Gasteiger partial charge in [-0.3, -0.25) is 10.1 Å². The minimum Gasteiger partial charge on any atom is -0.298 e. The highest BCUT2D eigenvalue weighted by Crippen LogP contribution is 2.29. The summed E-state index contributed by atoms with van der Waals surface area (Å²) in [5.41, 5.74) is -0.633. The van der Waals surface area contributed by atoms with E-state index in [2.05, 4.69) is 10.3 Å². The van der Waals surface area contributed by atoms with Gasteiger partial charge in [-0.1, -0.05) is 0 Å². The van der Waals surface area contributed by atoms with Crippen LogP contribution in [-0.4, -0.2) is 10.9 Å². The maximum atomic E-state index is 12.3. The Hall–Kier alpha value is -1.89. The number of nitrogens with one attached hydrogen (secondary N) is 1. The first kappa shape index (κ1) is 12.6. The average molecular weight is 272 g/mol. The number of hydrogen-bond acceptors (Lipinski definition) is 3. The topological polar surface area (TPSA) is 42.0 Å². The van der Waals surface area contributed by atoms with Crippen molar-refractivity contribution in [3.63, 3.8) is 0 Å². The number of alkyl halides is 3. The van der Waals surface area contributed by atoms with Crippen LogP contribution >= 0.6 is 11.3 Å². The third-order valence-corrected chi connectivity index (χ3v) is 2.82. The molecule has 2 aromatic rings. The summed E-state index contributed by atoms with van der Waals surface area (Å²) in [5.74, 6) is -0.487. The van der Waals surface area contributed by atoms with Crippen LogP contribution in [-0.2, 0) is 6.18 Å². The fourth-order valence-corrected chi connectivity index (χ4v) is 1.79. The van der Waals surface area contributed by atoms with Gasteiger partial charge in [-0.2, -0.15) is 13.2 Å². The summed E-state index contributed by atoms with van der Waals surface area (Å²) in [6.07, 6.45) is -2.88. The van der Waals surface area contributed by atoms with E-state index in [9.17, 15) is 18.0 Å². The zero-order valence-electron chi connectivity index (χ0n) is 8.86. The summed E-state index contributed by atoms with van der Waals surface area (Å²) in [6, 6.07) is 4.01. The van der Waals surface area contributed by atoms with E-state index in [0.29, 0.717) is 5.13 Å². The lowest BCUT2D eigenvalue weighted by atomic mass is 10.1. The minimum atomic E-state index is -4.40. The van der Waals surface area contributed by atoms with Crippen molar-refractivity contribution in [2.75, 3.05) is 5.32 Å². The predicted octanol–water partition coefficient (Wildman–Crippen LogP) is 3.41. The Morgan fingerprint density at radius 2 is 1.89 bits per heavy atom. The summed E-state index contributed by atoms with van der Waals surface area (Å²) < 4.78 is 37.0. The zero-order chi connectivity index (χ0) is 13.2. The molecule has 0 aliphatic heterocycles. The second kappa shape index (κ2) is 4.77. The van der Waals surface area contributed by atoms with E-state index in [1.807, 2.05) is 0 Å². The van der Waals surface area contributed by atoms with Gasteiger partial charge in [0, 0.05) is 17.1 Å². The summed E-state index contributed by atoms with van der Waals surface area (Å²) >= 11 is 1.23. The summed E-state index contributed by atoms with van der Waals surface area (Å²) in [7, 11) is 0. The molecule has 0 saturated heterocycles. The van der Waals surface area contributed by atoms with Gasteiger partial charge < -0.3 is 0 Å². The van der Waals surface area contributed by atoms with Gasteiger partial charge in [0.05, 0.1) is 5.56 Å². The van der Waals surface area contributed by atoms with Crippen molar-refractivity contribution in [2.45, 2.75) is 6.18 Å². The van der Waals surface area contributed by atoms with Crippen molar-refractivity contribution in [1.29, 1.82) is 0 Å². The minimum absolute atomic E-state index is 0.151. The molecule has 1 aromatic carbocycles. The molecule has 2 rings (SSSR count). The van der Waals surface area contributed by atoms with Gasteiger partial charge in [-0.05, 0) is 24.3 Å². The van der Waals surface area contributed by atoms with E-state index in [1.54, 1.807) is 5.38 Å². The predicted molar refractivity (Wildman–Crippen MR) is 61.5 cm³/mol. The van der Waals surface area contributed by atoms with Crippen molar-refractivity contribution < 1.29 is 18.0 Å². The summed E-state index contributed by atoms with van der Waals surface area (Å²) in [4.78, 5) is 15.5. The second-order valence-electron chi connectivity index (χ2n) is 3.37. The maximum absolute atomic E-state index is 12.3. The quantitative estimate of drug-likeness (QED) is 0.910. The smallest absolute Gasteiger partial charge is 0.298 e. The SMILES string of the molecule is O=C(Nc1nccs1)c1ccc(C(F)(F)F)cc1. The number of aromatic nitrogens is 1. The highest BCUT2D eigenvalue weighted by Gasteiger charge is 2.30. The highest BCUT2D eigenvalue weighted by molar-refractivity contribution is 7.13. The van der Waals surface area contributed by atoms with Crippen LogP contribution in [0.4, 0.5) is 18.3 Å². The fraction of sp³-hybridized carbons (Fsp3) is 0.0909. The Labute approximate surface area is 104 Å². The first-order valence-electron chi connectivity index (χ1n) is 4.85. The normalized spacial score (nSPS) is 11.3. The molecule has 0 unspecified atom stereocenters. The number of halogens is 3. The number of anilines is 1. The molecule has 0 aliphatic carbocycles. The number of carbonyl (C=O) groups excluding carboxylic acids is 1. The van der Waals surface area contributed by atoms with Crippen LogP contribution in [0.5, 0.6) is 0 Å². The van der Waals surface area contributed by atoms with E-state index >= 15 is 0 Å². The maximum Gasteiger partial charge on any atom is 0.416 e. The van der Waals surface area contributed by atoms with Gasteiger partial charge in [-0.25, -0.2) is 4.98 Å². The van der Waals surface area contributed by atoms with Crippen LogP contribution in [0.15, 0.2) is 35.8 Å². The molecule has 0 saturated carbocycles. The van der Waals surface area contributed by atoms with Gasteiger partial charge in [0.2, 0.25) is 0 Å². The van der Waals surface area contributed by atoms with Crippen LogP contribution < -0.4 is 5.32 Å². The van der Waals surface area contributed by atoms with Gasteiger partial charge in [0.1, 0.15) is 0 Å². The third-order valence-electron chi connectivity index (χ3n) is 2.13. The fourth-order valence-electron chi connectivity index (χ4n) is 1.27. The molecule has 1 amide bonds. The Morgan fingerprint density at radius 1 is 1.22 bits per heavy atom. The van der Waals surface area contributed by atoms with Crippen molar-refractivity contribution in [3.8, 4) is 0 Å². The zero-order valence-corrected chi connectivity index (χ0v) is 9.68. The average Bonchev–Trinajstić information content (AvgIpc) is 2.81. The number of thiazole rings is 1. The monoisotopic (exact) mass is 272 g/mol. The molecule has 94 valence electrons. The van der Waals surface area contributed by atoms with Crippen LogP contribution in [0.25, 0.3) is 0 Å². The molecule has 0 bridgehead atoms. The van der Waals surface area contributed by atoms with Crippen molar-refractivity contribution in [3.05, 3.63) is 47.0 Å². The molecule has 0 spiro atoms. The summed E-state index contributed by atoms with van der Waals surface area (Å²) in [6.45, 7) is 0. The molecule has 1 aromatic heterocycles. The standard InChI is InChI=1S/C11H7F3N2OS/c12-11(13,14)8-3-1-7(2-4-8)9(17)16-10-15-5-6-18-10/h1-6H,(H,15,16,17). The lowest BCUT2D eigenvalue weighted by Crippen LogP contribution is -2.12. The summed E-state index contributed by atoms with van der Waals surface area (Å²) in [5, 5.41) is 4.57. The van der Waals surface area contributed by atoms with Crippen molar-refractivity contribution in [2.24, 2.45) is 0 Å². The number of amides is 1. The van der Waals surface area contributed by atoms with Gasteiger partial charge in [0.15, 0.2) is 5.13 Å². The van der Waals surface area contributed by atoms with Crippen LogP contribution in [0.2, 0.25) is 0 Å². The first-order chi connectivity index (χ1) is 8.47. The molecule has 0 aliphatic rings. The Balaban J connectivity index is 2.12. The van der Waals surface area contributed by atoms with E-state index in [0.717, 1.165) is 24.3 Å². The molecule has 3 nitrogen and oxygen atoms in total. The Kier molecular flexibility index (Phi) is 3.33. The third kappa shape index (κ3) is 2.86. The molecule has 0 fully saturated rings. The van der Waals surface area contributed by atoms with E-state index in [-0.39, 0.29) is 5.56 Å². The second-order valence-corrected chi connectivity index (χ2v) is 4.26. The molecule has 0 radical (unpaired) electrons. The molecular weight excluding hydrogens is 265 g/mol. The number of hydrogen-bond donors (Lipinski definition) is 1. The molecular formula is C11H7F3N2OS. The molecule has 18 heavy (non-hydrogen) atoms. The Bertz CT molecular complexity index is 534. The van der Waals surface area contributed by atoms with Gasteiger partial charge in [0.25, 0.3) is 5.91 Å². The van der Waals surface area contributed by atoms with E-state index in [1.165, 1.54) is 17.5 Å². The number of carbonyl (C=O) groups is 1. The van der Waals surface area contributed by atoms with Crippen molar-refractivity contribution >= 4 is 22.4 Å². The van der Waals surface area contributed by atoms with E-state index < -0.39 is 17.6 Å². The molecule has 1 heterocycles. The van der Waals surface area contributed by atoms with Crippen molar-refractivity contribution in [1.82, 2.24) is 4.98 Å². The number of nitrogens with zero attached hydrogens (tertiary/aromatic N) is 1.